The summed E-state index contributed by atoms with van der Waals surface area (Å²) in [5.41, 5.74) is 1.38. The average molecular weight is 311 g/mol. The number of hydrogen-bond donors (Lipinski definition) is 1. The van der Waals surface area contributed by atoms with Crippen LogP contribution in [0, 0.1) is 5.92 Å². The van der Waals surface area contributed by atoms with Crippen molar-refractivity contribution in [2.45, 2.75) is 38.6 Å². The number of halogens is 1. The van der Waals surface area contributed by atoms with Crippen molar-refractivity contribution in [1.82, 2.24) is 10.2 Å². The molecule has 1 aromatic carbocycles. The fraction of sp³-hybridized carbons (Fsp3) is 0.588. The first-order chi connectivity index (χ1) is 9.72. The molecule has 0 aromatic heterocycles. The van der Waals surface area contributed by atoms with Crippen molar-refractivity contribution >= 4 is 18.3 Å². The van der Waals surface area contributed by atoms with Crippen LogP contribution < -0.4 is 5.32 Å². The number of nitrogens with zero attached hydrogens (tertiary/aromatic N) is 1. The summed E-state index contributed by atoms with van der Waals surface area (Å²) >= 11 is 0. The molecule has 1 aliphatic rings. The van der Waals surface area contributed by atoms with Crippen LogP contribution in [0.1, 0.15) is 31.7 Å². The zero-order valence-corrected chi connectivity index (χ0v) is 13.9. The number of rotatable bonds is 6. The normalized spacial score (nSPS) is 21.1. The lowest BCUT2D eigenvalue weighted by Gasteiger charge is -2.25. The fourth-order valence-electron chi connectivity index (χ4n) is 3.11. The van der Waals surface area contributed by atoms with Crippen LogP contribution in [0.15, 0.2) is 30.3 Å². The van der Waals surface area contributed by atoms with Crippen molar-refractivity contribution in [3.05, 3.63) is 35.9 Å². The maximum absolute atomic E-state index is 12.2. The topological polar surface area (TPSA) is 32.3 Å². The molecule has 0 aliphatic carbocycles. The molecule has 1 aliphatic heterocycles. The molecule has 0 saturated carbocycles. The quantitative estimate of drug-likeness (QED) is 0.819. The minimum atomic E-state index is 0. The van der Waals surface area contributed by atoms with E-state index < -0.39 is 0 Å². The van der Waals surface area contributed by atoms with Crippen LogP contribution in [0.25, 0.3) is 0 Å². The van der Waals surface area contributed by atoms with Crippen molar-refractivity contribution in [2.75, 3.05) is 20.1 Å². The summed E-state index contributed by atoms with van der Waals surface area (Å²) in [5.74, 6) is 0.925. The number of benzene rings is 1. The largest absolute Gasteiger partial charge is 0.340 e. The Morgan fingerprint density at radius 2 is 2.05 bits per heavy atom. The van der Waals surface area contributed by atoms with Gasteiger partial charge in [0.2, 0.25) is 5.91 Å². The molecule has 1 heterocycles. The highest BCUT2D eigenvalue weighted by atomic mass is 35.5. The molecule has 2 unspecified atom stereocenters. The van der Waals surface area contributed by atoms with Crippen molar-refractivity contribution in [1.29, 1.82) is 0 Å². The summed E-state index contributed by atoms with van der Waals surface area (Å²) in [6, 6.07) is 11.0. The zero-order chi connectivity index (χ0) is 14.4. The van der Waals surface area contributed by atoms with E-state index in [2.05, 4.69) is 47.5 Å². The maximum atomic E-state index is 12.2. The Kier molecular flexibility index (Phi) is 7.76. The first-order valence-electron chi connectivity index (χ1n) is 7.70. The van der Waals surface area contributed by atoms with E-state index in [4.69, 9.17) is 0 Å². The molecular weight excluding hydrogens is 284 g/mol. The minimum absolute atomic E-state index is 0. The highest BCUT2D eigenvalue weighted by molar-refractivity contribution is 5.85. The van der Waals surface area contributed by atoms with Crippen LogP contribution in [0.3, 0.4) is 0 Å². The smallest absolute Gasteiger partial charge is 0.222 e. The van der Waals surface area contributed by atoms with Crippen LogP contribution in [-0.2, 0) is 11.2 Å². The second-order valence-electron chi connectivity index (χ2n) is 5.77. The van der Waals surface area contributed by atoms with Gasteiger partial charge in [0.05, 0.1) is 0 Å². The summed E-state index contributed by atoms with van der Waals surface area (Å²) in [7, 11) is 1.93. The van der Waals surface area contributed by atoms with Crippen molar-refractivity contribution in [2.24, 2.45) is 5.92 Å². The molecule has 1 saturated heterocycles. The Balaban J connectivity index is 0.00000220. The van der Waals surface area contributed by atoms with E-state index in [0.717, 1.165) is 32.4 Å². The molecule has 1 aromatic rings. The van der Waals surface area contributed by atoms with Gasteiger partial charge in [-0.2, -0.15) is 0 Å². The lowest BCUT2D eigenvalue weighted by atomic mass is 9.93. The van der Waals surface area contributed by atoms with Crippen LogP contribution in [0.2, 0.25) is 0 Å². The summed E-state index contributed by atoms with van der Waals surface area (Å²) in [4.78, 5) is 14.3. The number of amides is 1. The molecule has 1 amide bonds. The summed E-state index contributed by atoms with van der Waals surface area (Å²) in [6.45, 7) is 4.05. The van der Waals surface area contributed by atoms with Gasteiger partial charge in [-0.1, -0.05) is 30.3 Å². The summed E-state index contributed by atoms with van der Waals surface area (Å²) < 4.78 is 0. The Bertz CT molecular complexity index is 424. The van der Waals surface area contributed by atoms with Crippen molar-refractivity contribution in [3.63, 3.8) is 0 Å². The Morgan fingerprint density at radius 3 is 2.71 bits per heavy atom. The van der Waals surface area contributed by atoms with E-state index in [0.29, 0.717) is 24.3 Å². The molecule has 0 bridgehead atoms. The Labute approximate surface area is 134 Å². The van der Waals surface area contributed by atoms with E-state index in [1.54, 1.807) is 0 Å². The SMILES string of the molecule is CNCCCC(=O)N1CCC(Cc2ccccc2)C1C.Cl. The summed E-state index contributed by atoms with van der Waals surface area (Å²) in [5, 5.41) is 3.10. The van der Waals surface area contributed by atoms with Gasteiger partial charge < -0.3 is 10.2 Å². The molecule has 1 N–H and O–H groups in total. The zero-order valence-electron chi connectivity index (χ0n) is 13.0. The minimum Gasteiger partial charge on any atom is -0.340 e. The average Bonchev–Trinajstić information content (AvgIpc) is 2.82. The van der Waals surface area contributed by atoms with Gasteiger partial charge in [-0.05, 0) is 51.3 Å². The molecular formula is C17H27ClN2O. The van der Waals surface area contributed by atoms with E-state index >= 15 is 0 Å². The van der Waals surface area contributed by atoms with Crippen LogP contribution in [-0.4, -0.2) is 37.0 Å². The molecule has 118 valence electrons. The van der Waals surface area contributed by atoms with Crippen LogP contribution in [0.5, 0.6) is 0 Å². The lowest BCUT2D eigenvalue weighted by molar-refractivity contribution is -0.132. The standard InChI is InChI=1S/C17H26N2O.ClH/c1-14-16(13-15-7-4-3-5-8-15)10-12-19(14)17(20)9-6-11-18-2;/h3-5,7-8,14,16,18H,6,9-13H2,1-2H3;1H. The third-order valence-corrected chi connectivity index (χ3v) is 4.39. The number of nitrogens with one attached hydrogen (secondary N) is 1. The van der Waals surface area contributed by atoms with Crippen LogP contribution in [0.4, 0.5) is 0 Å². The van der Waals surface area contributed by atoms with Gasteiger partial charge in [0.1, 0.15) is 0 Å². The summed E-state index contributed by atoms with van der Waals surface area (Å²) in [6.07, 6.45) is 3.82. The van der Waals surface area contributed by atoms with Gasteiger partial charge in [0.25, 0.3) is 0 Å². The number of hydrogen-bond acceptors (Lipinski definition) is 2. The first kappa shape index (κ1) is 18.0. The molecule has 0 spiro atoms. The van der Waals surface area contributed by atoms with Gasteiger partial charge in [-0.3, -0.25) is 4.79 Å². The van der Waals surface area contributed by atoms with Crippen molar-refractivity contribution in [3.8, 4) is 0 Å². The van der Waals surface area contributed by atoms with Gasteiger partial charge in [0, 0.05) is 19.0 Å². The van der Waals surface area contributed by atoms with E-state index in [9.17, 15) is 4.79 Å². The molecule has 2 rings (SSSR count). The highest BCUT2D eigenvalue weighted by Gasteiger charge is 2.33. The third kappa shape index (κ3) is 5.01. The lowest BCUT2D eigenvalue weighted by Crippen LogP contribution is -2.36. The van der Waals surface area contributed by atoms with E-state index in [1.807, 2.05) is 7.05 Å². The second kappa shape index (κ2) is 9.06. The molecule has 4 heteroatoms. The molecule has 3 nitrogen and oxygen atoms in total. The maximum Gasteiger partial charge on any atom is 0.222 e. The molecule has 1 fully saturated rings. The molecule has 21 heavy (non-hydrogen) atoms. The van der Waals surface area contributed by atoms with Gasteiger partial charge in [-0.15, -0.1) is 12.4 Å². The van der Waals surface area contributed by atoms with Crippen molar-refractivity contribution < 1.29 is 4.79 Å². The number of likely N-dealkylation sites (tertiary alicyclic amines) is 1. The monoisotopic (exact) mass is 310 g/mol. The first-order valence-corrected chi connectivity index (χ1v) is 7.70. The van der Waals surface area contributed by atoms with Gasteiger partial charge >= 0.3 is 0 Å². The number of carbonyl (C=O) groups is 1. The molecule has 2 atom stereocenters. The van der Waals surface area contributed by atoms with E-state index in [-0.39, 0.29) is 12.4 Å². The Hall–Kier alpha value is -1.06. The highest BCUT2D eigenvalue weighted by Crippen LogP contribution is 2.28. The Morgan fingerprint density at radius 1 is 1.33 bits per heavy atom. The van der Waals surface area contributed by atoms with Crippen LogP contribution >= 0.6 is 12.4 Å². The predicted octanol–water partition coefficient (Wildman–Crippen LogP) is 2.89. The van der Waals surface area contributed by atoms with Gasteiger partial charge in [0.15, 0.2) is 0 Å². The molecule has 0 radical (unpaired) electrons. The van der Waals surface area contributed by atoms with E-state index in [1.165, 1.54) is 5.56 Å². The fourth-order valence-corrected chi connectivity index (χ4v) is 3.11. The second-order valence-corrected chi connectivity index (χ2v) is 5.77. The predicted molar refractivity (Wildman–Crippen MR) is 89.8 cm³/mol. The third-order valence-electron chi connectivity index (χ3n) is 4.39. The number of carbonyl (C=O) groups excluding carboxylic acids is 1. The van der Waals surface area contributed by atoms with Gasteiger partial charge in [-0.25, -0.2) is 0 Å².